The maximum atomic E-state index is 10.2. The molecule has 86 valence electrons. The van der Waals surface area contributed by atoms with E-state index in [4.69, 9.17) is 15.3 Å². The summed E-state index contributed by atoms with van der Waals surface area (Å²) in [7, 11) is 0. The molecule has 1 atom stereocenters. The van der Waals surface area contributed by atoms with Gasteiger partial charge in [0.2, 0.25) is 0 Å². The summed E-state index contributed by atoms with van der Waals surface area (Å²) >= 11 is 0. The van der Waals surface area contributed by atoms with Gasteiger partial charge in [-0.3, -0.25) is 4.79 Å². The number of rotatable bonds is 2. The number of hydrogen-bond acceptors (Lipinski definition) is 4. The Labute approximate surface area is 85.6 Å². The van der Waals surface area contributed by atoms with Gasteiger partial charge in [0, 0.05) is 0 Å². The standard InChI is InChI=1S/C5H12O2.C5H10O2/c2*1-4(6)5(2,3)7/h4,6-7H,1-3H3;7H,1-3H3. The van der Waals surface area contributed by atoms with Crippen molar-refractivity contribution in [1.82, 2.24) is 0 Å². The maximum Gasteiger partial charge on any atom is 0.160 e. The van der Waals surface area contributed by atoms with Gasteiger partial charge in [0.15, 0.2) is 5.78 Å². The van der Waals surface area contributed by atoms with E-state index in [1.165, 1.54) is 20.8 Å². The average Bonchev–Trinajstić information content (AvgIpc) is 1.83. The monoisotopic (exact) mass is 206 g/mol. The number of hydrogen-bond donors (Lipinski definition) is 3. The molecule has 0 aliphatic heterocycles. The van der Waals surface area contributed by atoms with Gasteiger partial charge in [-0.2, -0.15) is 0 Å². The second kappa shape index (κ2) is 5.44. The van der Waals surface area contributed by atoms with Crippen LogP contribution >= 0.6 is 0 Å². The van der Waals surface area contributed by atoms with Gasteiger partial charge in [0.1, 0.15) is 5.60 Å². The fourth-order valence-electron chi connectivity index (χ4n) is 0. The molecule has 0 amide bonds. The molecule has 0 aromatic carbocycles. The first-order chi connectivity index (χ1) is 5.89. The lowest BCUT2D eigenvalue weighted by Gasteiger charge is -2.19. The third-order valence-electron chi connectivity index (χ3n) is 1.88. The molecule has 0 fully saturated rings. The lowest BCUT2D eigenvalue weighted by molar-refractivity contribution is -0.131. The van der Waals surface area contributed by atoms with E-state index in [1.54, 1.807) is 20.8 Å². The summed E-state index contributed by atoms with van der Waals surface area (Å²) < 4.78 is 0. The number of ketones is 1. The Hall–Kier alpha value is -0.450. The summed E-state index contributed by atoms with van der Waals surface area (Å²) in [6.07, 6.45) is -0.646. The third-order valence-corrected chi connectivity index (χ3v) is 1.88. The van der Waals surface area contributed by atoms with E-state index in [1.807, 2.05) is 0 Å². The molecule has 0 aromatic rings. The molecule has 4 nitrogen and oxygen atoms in total. The highest BCUT2D eigenvalue weighted by atomic mass is 16.3. The zero-order valence-electron chi connectivity index (χ0n) is 9.83. The van der Waals surface area contributed by atoms with Crippen molar-refractivity contribution < 1.29 is 20.1 Å². The van der Waals surface area contributed by atoms with Crippen LogP contribution in [-0.4, -0.2) is 38.4 Å². The molecule has 0 rings (SSSR count). The zero-order chi connectivity index (χ0) is 12.2. The smallest absolute Gasteiger partial charge is 0.160 e. The van der Waals surface area contributed by atoms with Crippen LogP contribution in [0.4, 0.5) is 0 Å². The zero-order valence-corrected chi connectivity index (χ0v) is 9.83. The largest absolute Gasteiger partial charge is 0.390 e. The van der Waals surface area contributed by atoms with E-state index >= 15 is 0 Å². The topological polar surface area (TPSA) is 77.8 Å². The van der Waals surface area contributed by atoms with Gasteiger partial charge in [0.25, 0.3) is 0 Å². The Morgan fingerprint density at radius 2 is 1.29 bits per heavy atom. The Balaban J connectivity index is 0. The van der Waals surface area contributed by atoms with E-state index in [-0.39, 0.29) is 5.78 Å². The summed E-state index contributed by atoms with van der Waals surface area (Å²) in [4.78, 5) is 10.2. The van der Waals surface area contributed by atoms with E-state index in [9.17, 15) is 4.79 Å². The Morgan fingerprint density at radius 1 is 1.14 bits per heavy atom. The third kappa shape index (κ3) is 9.64. The number of carbonyl (C=O) groups is 1. The number of carbonyl (C=O) groups excluding carboxylic acids is 1. The van der Waals surface area contributed by atoms with Crippen LogP contribution in [-0.2, 0) is 4.79 Å². The van der Waals surface area contributed by atoms with Crippen molar-refractivity contribution in [1.29, 1.82) is 0 Å². The lowest BCUT2D eigenvalue weighted by atomic mass is 10.0. The van der Waals surface area contributed by atoms with Crippen molar-refractivity contribution in [3.05, 3.63) is 0 Å². The minimum absolute atomic E-state index is 0.201. The number of aliphatic hydroxyl groups excluding tert-OH is 1. The average molecular weight is 206 g/mol. The van der Waals surface area contributed by atoms with Gasteiger partial charge in [-0.1, -0.05) is 0 Å². The minimum atomic E-state index is -1.14. The van der Waals surface area contributed by atoms with Gasteiger partial charge in [-0.15, -0.1) is 0 Å². The van der Waals surface area contributed by atoms with E-state index < -0.39 is 17.3 Å². The fourth-order valence-corrected chi connectivity index (χ4v) is 0. The molecule has 0 saturated heterocycles. The van der Waals surface area contributed by atoms with Crippen LogP contribution in [0.5, 0.6) is 0 Å². The number of aliphatic hydroxyl groups is 3. The van der Waals surface area contributed by atoms with Crippen LogP contribution in [0.15, 0.2) is 0 Å². The minimum Gasteiger partial charge on any atom is -0.390 e. The highest BCUT2D eigenvalue weighted by Gasteiger charge is 2.18. The molecule has 3 N–H and O–H groups in total. The van der Waals surface area contributed by atoms with Crippen molar-refractivity contribution >= 4 is 5.78 Å². The van der Waals surface area contributed by atoms with E-state index in [2.05, 4.69) is 0 Å². The fraction of sp³-hybridized carbons (Fsp3) is 0.900. The molecular formula is C10H22O4. The van der Waals surface area contributed by atoms with Crippen LogP contribution in [0.2, 0.25) is 0 Å². The Morgan fingerprint density at radius 3 is 1.29 bits per heavy atom. The molecule has 0 heterocycles. The molecule has 0 radical (unpaired) electrons. The molecule has 0 bridgehead atoms. The normalized spacial score (nSPS) is 14.1. The summed E-state index contributed by atoms with van der Waals surface area (Å²) in [5.41, 5.74) is -2.08. The van der Waals surface area contributed by atoms with Gasteiger partial charge in [0.05, 0.1) is 11.7 Å². The molecule has 1 unspecified atom stereocenters. The van der Waals surface area contributed by atoms with Crippen LogP contribution < -0.4 is 0 Å². The summed E-state index contributed by atoms with van der Waals surface area (Å²) in [6.45, 7) is 8.99. The van der Waals surface area contributed by atoms with E-state index in [0.29, 0.717) is 0 Å². The van der Waals surface area contributed by atoms with Crippen LogP contribution in [0.3, 0.4) is 0 Å². The van der Waals surface area contributed by atoms with Crippen molar-refractivity contribution in [3.8, 4) is 0 Å². The molecule has 0 spiro atoms. The molecule has 0 aromatic heterocycles. The summed E-state index contributed by atoms with van der Waals surface area (Å²) in [5.74, 6) is -0.201. The first kappa shape index (κ1) is 16.0. The first-order valence-electron chi connectivity index (χ1n) is 4.53. The molecule has 0 saturated carbocycles. The SMILES string of the molecule is CC(=O)C(C)(C)O.CC(O)C(C)(C)O. The van der Waals surface area contributed by atoms with Crippen LogP contribution in [0.25, 0.3) is 0 Å². The van der Waals surface area contributed by atoms with Crippen molar-refractivity contribution in [3.63, 3.8) is 0 Å². The van der Waals surface area contributed by atoms with Crippen molar-refractivity contribution in [2.24, 2.45) is 0 Å². The second-order valence-electron chi connectivity index (χ2n) is 4.44. The predicted molar refractivity (Wildman–Crippen MR) is 55.0 cm³/mol. The number of Topliss-reactive ketones (excluding diaryl/α,β-unsaturated/α-hetero) is 1. The lowest BCUT2D eigenvalue weighted by Crippen LogP contribution is -2.32. The van der Waals surface area contributed by atoms with Crippen molar-refractivity contribution in [2.75, 3.05) is 0 Å². The quantitative estimate of drug-likeness (QED) is 0.614. The Bertz CT molecular complexity index is 172. The maximum absolute atomic E-state index is 10.2. The molecule has 4 heteroatoms. The summed E-state index contributed by atoms with van der Waals surface area (Å²) in [5, 5.41) is 26.2. The van der Waals surface area contributed by atoms with Gasteiger partial charge < -0.3 is 15.3 Å². The highest BCUT2D eigenvalue weighted by molar-refractivity contribution is 5.83. The summed E-state index contributed by atoms with van der Waals surface area (Å²) in [6, 6.07) is 0. The predicted octanol–water partition coefficient (Wildman–Crippen LogP) is 0.484. The highest BCUT2D eigenvalue weighted by Crippen LogP contribution is 2.05. The van der Waals surface area contributed by atoms with Crippen molar-refractivity contribution in [2.45, 2.75) is 58.8 Å². The van der Waals surface area contributed by atoms with E-state index in [0.717, 1.165) is 0 Å². The van der Waals surface area contributed by atoms with Gasteiger partial charge in [-0.25, -0.2) is 0 Å². The second-order valence-corrected chi connectivity index (χ2v) is 4.44. The molecule has 0 aliphatic carbocycles. The molecule has 14 heavy (non-hydrogen) atoms. The molecular weight excluding hydrogens is 184 g/mol. The molecule has 0 aliphatic rings. The Kier molecular flexibility index (Phi) is 6.21. The van der Waals surface area contributed by atoms with Crippen LogP contribution in [0, 0.1) is 0 Å². The van der Waals surface area contributed by atoms with Gasteiger partial charge in [-0.05, 0) is 41.5 Å². The first-order valence-corrected chi connectivity index (χ1v) is 4.53. The van der Waals surface area contributed by atoms with Crippen LogP contribution in [0.1, 0.15) is 41.5 Å². The van der Waals surface area contributed by atoms with Gasteiger partial charge >= 0.3 is 0 Å².